The number of carbonyl (C=O) groups is 3. The van der Waals surface area contributed by atoms with Gasteiger partial charge in [-0.3, -0.25) is 14.5 Å². The predicted octanol–water partition coefficient (Wildman–Crippen LogP) is 2.22. The highest BCUT2D eigenvalue weighted by Crippen LogP contribution is 2.49. The van der Waals surface area contributed by atoms with E-state index in [-0.39, 0.29) is 37.3 Å². The van der Waals surface area contributed by atoms with Crippen LogP contribution in [-0.4, -0.2) is 50.9 Å². The number of amides is 3. The van der Waals surface area contributed by atoms with E-state index in [2.05, 4.69) is 10.5 Å². The highest BCUT2D eigenvalue weighted by molar-refractivity contribution is 6.06. The number of aliphatic hydroxyl groups excluding tert-OH is 2. The molecule has 6 atom stereocenters. The number of carbonyl (C=O) groups excluding carboxylic acids is 3. The van der Waals surface area contributed by atoms with Crippen LogP contribution in [0.1, 0.15) is 30.4 Å². The normalized spacial score (nSPS) is 30.6. The van der Waals surface area contributed by atoms with Gasteiger partial charge in [0.25, 0.3) is 0 Å². The van der Waals surface area contributed by atoms with Gasteiger partial charge in [-0.15, -0.1) is 0 Å². The average molecular weight is 492 g/mol. The van der Waals surface area contributed by atoms with Crippen molar-refractivity contribution < 1.29 is 29.3 Å². The molecule has 0 unspecified atom stereocenters. The third kappa shape index (κ3) is 4.64. The van der Waals surface area contributed by atoms with Crippen molar-refractivity contribution in [3.8, 4) is 0 Å². The maximum absolute atomic E-state index is 13.4. The molecule has 188 valence electrons. The maximum Gasteiger partial charge on any atom is 0.428 e. The minimum Gasteiger partial charge on any atom is -0.443 e. The number of nitrogens with one attached hydrogen (secondary N) is 1. The summed E-state index contributed by atoms with van der Waals surface area (Å²) in [5, 5.41) is 25.7. The lowest BCUT2D eigenvalue weighted by Gasteiger charge is -2.45. The van der Waals surface area contributed by atoms with Crippen molar-refractivity contribution in [1.82, 2.24) is 10.3 Å². The molecule has 2 saturated carbocycles. The minimum atomic E-state index is -1.17. The van der Waals surface area contributed by atoms with Crippen LogP contribution in [0.5, 0.6) is 0 Å². The molecular weight excluding hydrogens is 462 g/mol. The standard InChI is InChI=1S/C27H29N3O6/c31-21-13-20(28-29-27(35)36-15-17-9-5-2-6-10-17)18-11-12-19-23(22(18)24(21)32)26(34)30(25(19)33)14-16-7-3-1-4-8-16/h1-10,18-19,21-24,31-32H,11-15H2,(H,29,35)/b28-20+/t18-,19-,21-,22+,23-,24-/m1/s1. The van der Waals surface area contributed by atoms with Crippen LogP contribution >= 0.6 is 0 Å². The Morgan fingerprint density at radius 2 is 1.58 bits per heavy atom. The molecule has 1 saturated heterocycles. The fraction of sp³-hybridized carbons (Fsp3) is 0.407. The van der Waals surface area contributed by atoms with Gasteiger partial charge in [-0.1, -0.05) is 60.7 Å². The molecule has 3 fully saturated rings. The molecule has 0 spiro atoms. The van der Waals surface area contributed by atoms with E-state index in [1.807, 2.05) is 60.7 Å². The number of likely N-dealkylation sites (tertiary alicyclic amines) is 1. The molecule has 3 amide bonds. The monoisotopic (exact) mass is 491 g/mol. The summed E-state index contributed by atoms with van der Waals surface area (Å²) in [5.41, 5.74) is 4.56. The third-order valence-electron chi connectivity index (χ3n) is 7.56. The molecule has 1 aliphatic heterocycles. The Hall–Kier alpha value is -3.56. The average Bonchev–Trinajstić information content (AvgIpc) is 3.14. The Kier molecular flexibility index (Phi) is 6.84. The molecule has 0 radical (unpaired) electrons. The first-order chi connectivity index (χ1) is 17.4. The summed E-state index contributed by atoms with van der Waals surface area (Å²) < 4.78 is 5.20. The van der Waals surface area contributed by atoms with Gasteiger partial charge in [0.2, 0.25) is 11.8 Å². The number of nitrogens with zero attached hydrogens (tertiary/aromatic N) is 2. The van der Waals surface area contributed by atoms with Crippen LogP contribution in [0.3, 0.4) is 0 Å². The fourth-order valence-electron chi connectivity index (χ4n) is 5.86. The molecule has 5 rings (SSSR count). The quantitative estimate of drug-likeness (QED) is 0.435. The molecule has 2 aromatic rings. The molecule has 3 N–H and O–H groups in total. The lowest BCUT2D eigenvalue weighted by atomic mass is 9.60. The molecule has 2 aromatic carbocycles. The summed E-state index contributed by atoms with van der Waals surface area (Å²) in [6, 6.07) is 18.5. The van der Waals surface area contributed by atoms with E-state index >= 15 is 0 Å². The molecule has 2 aliphatic carbocycles. The summed E-state index contributed by atoms with van der Waals surface area (Å²) in [4.78, 5) is 40.1. The van der Waals surface area contributed by atoms with Crippen molar-refractivity contribution in [3.05, 3.63) is 71.8 Å². The second-order valence-corrected chi connectivity index (χ2v) is 9.68. The fourth-order valence-corrected chi connectivity index (χ4v) is 5.86. The Labute approximate surface area is 208 Å². The van der Waals surface area contributed by atoms with Gasteiger partial charge in [-0.05, 0) is 24.0 Å². The topological polar surface area (TPSA) is 129 Å². The SMILES string of the molecule is O=C(N/N=C1\C[C@@H](O)[C@@H](O)[C@@H]2[C@@H]3C(=O)N(Cc4ccccc4)C(=O)[C@@H]3CC[C@H]12)OCc1ccccc1. The predicted molar refractivity (Wildman–Crippen MR) is 129 cm³/mol. The van der Waals surface area contributed by atoms with Crippen LogP contribution in [0.15, 0.2) is 65.8 Å². The second-order valence-electron chi connectivity index (χ2n) is 9.68. The van der Waals surface area contributed by atoms with Crippen LogP contribution in [0.4, 0.5) is 4.79 Å². The number of hydrogen-bond donors (Lipinski definition) is 3. The van der Waals surface area contributed by atoms with Gasteiger partial charge in [0, 0.05) is 24.0 Å². The Morgan fingerprint density at radius 1 is 0.944 bits per heavy atom. The number of hydrogen-bond acceptors (Lipinski definition) is 7. The zero-order chi connectivity index (χ0) is 25.2. The lowest BCUT2D eigenvalue weighted by Crippen LogP contribution is -2.55. The number of ether oxygens (including phenoxy) is 1. The molecule has 9 heteroatoms. The van der Waals surface area contributed by atoms with Crippen molar-refractivity contribution in [3.63, 3.8) is 0 Å². The summed E-state index contributed by atoms with van der Waals surface area (Å²) in [6.45, 7) is 0.264. The number of imide groups is 1. The summed E-state index contributed by atoms with van der Waals surface area (Å²) in [6.07, 6.45) is -2.00. The number of rotatable bonds is 5. The van der Waals surface area contributed by atoms with Gasteiger partial charge in [-0.2, -0.15) is 5.10 Å². The summed E-state index contributed by atoms with van der Waals surface area (Å²) in [7, 11) is 0. The van der Waals surface area contributed by atoms with Gasteiger partial charge in [0.1, 0.15) is 6.61 Å². The highest BCUT2D eigenvalue weighted by atomic mass is 16.6. The summed E-state index contributed by atoms with van der Waals surface area (Å²) >= 11 is 0. The van der Waals surface area contributed by atoms with E-state index in [1.54, 1.807) is 0 Å². The third-order valence-corrected chi connectivity index (χ3v) is 7.56. The van der Waals surface area contributed by atoms with Crippen molar-refractivity contribution >= 4 is 23.6 Å². The van der Waals surface area contributed by atoms with Crippen molar-refractivity contribution in [2.24, 2.45) is 28.8 Å². The lowest BCUT2D eigenvalue weighted by molar-refractivity contribution is -0.142. The van der Waals surface area contributed by atoms with Gasteiger partial charge >= 0.3 is 6.09 Å². The Bertz CT molecular complexity index is 1150. The van der Waals surface area contributed by atoms with Gasteiger partial charge < -0.3 is 14.9 Å². The molecule has 0 bridgehead atoms. The molecule has 36 heavy (non-hydrogen) atoms. The minimum absolute atomic E-state index is 0.0640. The van der Waals surface area contributed by atoms with Crippen LogP contribution in [0.25, 0.3) is 0 Å². The van der Waals surface area contributed by atoms with Crippen LogP contribution < -0.4 is 5.43 Å². The van der Waals surface area contributed by atoms with Gasteiger partial charge in [0.05, 0.1) is 30.6 Å². The van der Waals surface area contributed by atoms with Crippen LogP contribution in [0, 0.1) is 23.7 Å². The highest BCUT2D eigenvalue weighted by Gasteiger charge is 2.59. The second kappa shape index (κ2) is 10.2. The Balaban J connectivity index is 1.31. The van der Waals surface area contributed by atoms with Crippen molar-refractivity contribution in [2.75, 3.05) is 0 Å². The number of fused-ring (bicyclic) bond motifs is 3. The van der Waals surface area contributed by atoms with Crippen molar-refractivity contribution in [2.45, 2.75) is 44.6 Å². The van der Waals surface area contributed by atoms with Crippen LogP contribution in [-0.2, 0) is 27.5 Å². The first-order valence-corrected chi connectivity index (χ1v) is 12.2. The molecular formula is C27H29N3O6. The molecule has 3 aliphatic rings. The largest absolute Gasteiger partial charge is 0.443 e. The molecule has 1 heterocycles. The maximum atomic E-state index is 13.4. The van der Waals surface area contributed by atoms with Crippen molar-refractivity contribution in [1.29, 1.82) is 0 Å². The number of aliphatic hydroxyl groups is 2. The smallest absolute Gasteiger partial charge is 0.428 e. The summed E-state index contributed by atoms with van der Waals surface area (Å²) in [5.74, 6) is -2.84. The van der Waals surface area contributed by atoms with E-state index in [4.69, 9.17) is 4.74 Å². The number of hydrazone groups is 1. The van der Waals surface area contributed by atoms with Crippen LogP contribution in [0.2, 0.25) is 0 Å². The van der Waals surface area contributed by atoms with E-state index in [0.29, 0.717) is 18.6 Å². The first kappa shape index (κ1) is 24.1. The van der Waals surface area contributed by atoms with E-state index in [1.165, 1.54) is 4.90 Å². The number of benzene rings is 2. The van der Waals surface area contributed by atoms with E-state index < -0.39 is 36.1 Å². The first-order valence-electron chi connectivity index (χ1n) is 12.2. The van der Waals surface area contributed by atoms with E-state index in [9.17, 15) is 24.6 Å². The van der Waals surface area contributed by atoms with Gasteiger partial charge in [0.15, 0.2) is 0 Å². The molecule has 9 nitrogen and oxygen atoms in total. The Morgan fingerprint density at radius 3 is 2.28 bits per heavy atom. The van der Waals surface area contributed by atoms with E-state index in [0.717, 1.165) is 11.1 Å². The zero-order valence-electron chi connectivity index (χ0n) is 19.7. The van der Waals surface area contributed by atoms with Gasteiger partial charge in [-0.25, -0.2) is 10.2 Å². The zero-order valence-corrected chi connectivity index (χ0v) is 19.7. The molecule has 0 aromatic heterocycles.